The molecule has 0 radical (unpaired) electrons. The molecule has 4 rings (SSSR count). The molecule has 30 heavy (non-hydrogen) atoms. The number of alkyl halides is 3. The monoisotopic (exact) mass is 430 g/mol. The number of imidazole rings is 1. The van der Waals surface area contributed by atoms with Crippen LogP contribution in [-0.2, 0) is 17.4 Å². The van der Waals surface area contributed by atoms with E-state index in [0.717, 1.165) is 0 Å². The highest BCUT2D eigenvalue weighted by Crippen LogP contribution is 2.39. The van der Waals surface area contributed by atoms with Gasteiger partial charge < -0.3 is 14.6 Å². The number of hydrogen-bond donors (Lipinski definition) is 1. The Morgan fingerprint density at radius 3 is 2.57 bits per heavy atom. The largest absolute Gasteiger partial charge is 0.463 e. The predicted molar refractivity (Wildman–Crippen MR) is 99.2 cm³/mol. The Bertz CT molecular complexity index is 957. The van der Waals surface area contributed by atoms with Gasteiger partial charge in [-0.25, -0.2) is 9.50 Å². The van der Waals surface area contributed by atoms with Crippen LogP contribution in [0.5, 0.6) is 6.01 Å². The van der Waals surface area contributed by atoms with E-state index in [9.17, 15) is 23.1 Å². The highest BCUT2D eigenvalue weighted by Gasteiger charge is 2.41. The van der Waals surface area contributed by atoms with Crippen LogP contribution >= 0.6 is 0 Å². The first-order valence-corrected chi connectivity index (χ1v) is 10.1. The summed E-state index contributed by atoms with van der Waals surface area (Å²) in [5.74, 6) is -1.02. The molecule has 11 heteroatoms. The molecule has 0 bridgehead atoms. The predicted octanol–water partition coefficient (Wildman–Crippen LogP) is 2.17. The lowest BCUT2D eigenvalue weighted by Gasteiger charge is -2.30. The molecule has 1 aliphatic carbocycles. The second-order valence-electron chi connectivity index (χ2n) is 8.24. The second kappa shape index (κ2) is 7.84. The van der Waals surface area contributed by atoms with E-state index in [0.29, 0.717) is 38.9 Å². The zero-order valence-corrected chi connectivity index (χ0v) is 16.7. The number of nitrogens with zero attached hydrogens (tertiary/aromatic N) is 4. The lowest BCUT2D eigenvalue weighted by molar-refractivity contribution is -0.184. The highest BCUT2D eigenvalue weighted by molar-refractivity contribution is 5.43. The Morgan fingerprint density at radius 2 is 1.93 bits per heavy atom. The van der Waals surface area contributed by atoms with Gasteiger partial charge >= 0.3 is 12.2 Å². The first-order chi connectivity index (χ1) is 14.2. The van der Waals surface area contributed by atoms with Crippen molar-refractivity contribution < 1.29 is 27.8 Å². The quantitative estimate of drug-likeness (QED) is 0.800. The van der Waals surface area contributed by atoms with Crippen LogP contribution in [0.25, 0.3) is 5.52 Å². The van der Waals surface area contributed by atoms with Gasteiger partial charge in [0.2, 0.25) is 0 Å². The summed E-state index contributed by atoms with van der Waals surface area (Å²) in [5, 5.41) is 15.3. The van der Waals surface area contributed by atoms with Gasteiger partial charge in [-0.15, -0.1) is 5.10 Å². The van der Waals surface area contributed by atoms with Crippen molar-refractivity contribution >= 4 is 5.52 Å². The molecule has 1 aliphatic heterocycles. The van der Waals surface area contributed by atoms with Crippen LogP contribution in [0.2, 0.25) is 0 Å². The van der Waals surface area contributed by atoms with Gasteiger partial charge in [-0.1, -0.05) is 0 Å². The fourth-order valence-electron chi connectivity index (χ4n) is 4.23. The molecule has 2 fully saturated rings. The van der Waals surface area contributed by atoms with E-state index >= 15 is 0 Å². The fourth-order valence-corrected chi connectivity index (χ4v) is 4.23. The van der Waals surface area contributed by atoms with Crippen LogP contribution in [0.4, 0.5) is 13.2 Å². The molecular weight excluding hydrogens is 405 g/mol. The molecule has 0 unspecified atom stereocenters. The molecular formula is C19H25F3N4O4. The third-order valence-corrected chi connectivity index (χ3v) is 6.23. The Labute approximate surface area is 170 Å². The van der Waals surface area contributed by atoms with Crippen molar-refractivity contribution in [1.82, 2.24) is 19.2 Å². The number of aromatic nitrogens is 4. The van der Waals surface area contributed by atoms with Gasteiger partial charge in [0.25, 0.3) is 5.56 Å². The molecule has 0 atom stereocenters. The zero-order chi connectivity index (χ0) is 21.5. The number of fused-ring (bicyclic) bond motifs is 1. The summed E-state index contributed by atoms with van der Waals surface area (Å²) in [4.78, 5) is 16.9. The van der Waals surface area contributed by atoms with Crippen molar-refractivity contribution in [3.05, 3.63) is 22.4 Å². The van der Waals surface area contributed by atoms with Crippen LogP contribution in [0.15, 0.2) is 11.0 Å². The molecule has 1 saturated heterocycles. The normalized spacial score (nSPS) is 24.8. The Kier molecular flexibility index (Phi) is 5.52. The minimum atomic E-state index is -4.15. The molecule has 0 amide bonds. The van der Waals surface area contributed by atoms with E-state index in [1.807, 2.05) is 0 Å². The Morgan fingerprint density at radius 1 is 1.27 bits per heavy atom. The van der Waals surface area contributed by atoms with Gasteiger partial charge in [0.05, 0.1) is 18.7 Å². The summed E-state index contributed by atoms with van der Waals surface area (Å²) >= 11 is 0. The van der Waals surface area contributed by atoms with Crippen LogP contribution in [0.3, 0.4) is 0 Å². The molecule has 8 nitrogen and oxygen atoms in total. The topological polar surface area (TPSA) is 90.9 Å². The summed E-state index contributed by atoms with van der Waals surface area (Å²) in [7, 11) is 1.51. The first-order valence-electron chi connectivity index (χ1n) is 10.1. The maximum Gasteiger partial charge on any atom is 0.391 e. The van der Waals surface area contributed by atoms with Gasteiger partial charge in [0, 0.05) is 33.1 Å². The molecule has 166 valence electrons. The summed E-state index contributed by atoms with van der Waals surface area (Å²) in [6.07, 6.45) is -1.10. The summed E-state index contributed by atoms with van der Waals surface area (Å²) in [5.41, 5.74) is -1.42. The van der Waals surface area contributed by atoms with Gasteiger partial charge in [0.15, 0.2) is 11.3 Å². The maximum absolute atomic E-state index is 12.8. The Balaban J connectivity index is 1.53. The van der Waals surface area contributed by atoms with Gasteiger partial charge in [-0.2, -0.15) is 13.2 Å². The molecule has 0 spiro atoms. The molecule has 2 aromatic rings. The summed E-state index contributed by atoms with van der Waals surface area (Å²) < 4.78 is 52.1. The van der Waals surface area contributed by atoms with Crippen molar-refractivity contribution in [1.29, 1.82) is 0 Å². The first kappa shape index (κ1) is 21.1. The third-order valence-electron chi connectivity index (χ3n) is 6.23. The number of rotatable bonds is 4. The number of halogens is 3. The van der Waals surface area contributed by atoms with Crippen LogP contribution in [0, 0.1) is 11.8 Å². The molecule has 1 N–H and O–H groups in total. The van der Waals surface area contributed by atoms with Gasteiger partial charge in [-0.3, -0.25) is 9.36 Å². The molecule has 2 aromatic heterocycles. The van der Waals surface area contributed by atoms with Crippen LogP contribution in [0.1, 0.15) is 44.3 Å². The standard InChI is InChI=1S/C19H25F3N4O4/c1-25-15(27)14-10-23-16(18(28)6-8-29-9-7-18)26(14)24-17(25)30-11-12-2-4-13(5-3-12)19(20,21)22/h10,12-13,28H,2-9,11H2,1H3. The van der Waals surface area contributed by atoms with Crippen molar-refractivity contribution in [2.24, 2.45) is 18.9 Å². The zero-order valence-electron chi connectivity index (χ0n) is 16.7. The van der Waals surface area contributed by atoms with Crippen LogP contribution in [-0.4, -0.2) is 50.3 Å². The van der Waals surface area contributed by atoms with Gasteiger partial charge in [-0.05, 0) is 31.6 Å². The van der Waals surface area contributed by atoms with Crippen molar-refractivity contribution in [2.75, 3.05) is 19.8 Å². The van der Waals surface area contributed by atoms with E-state index < -0.39 is 17.7 Å². The highest BCUT2D eigenvalue weighted by atomic mass is 19.4. The molecule has 0 aromatic carbocycles. The SMILES string of the molecule is Cn1c(OCC2CCC(C(F)(F)F)CC2)nn2c(C3(O)CCOCC3)ncc2c1=O. The van der Waals surface area contributed by atoms with E-state index in [2.05, 4.69) is 10.1 Å². The maximum atomic E-state index is 12.8. The third kappa shape index (κ3) is 3.92. The fraction of sp³-hybridized carbons (Fsp3) is 0.737. The van der Waals surface area contributed by atoms with E-state index in [1.165, 1.54) is 22.3 Å². The second-order valence-corrected chi connectivity index (χ2v) is 8.24. The number of aliphatic hydroxyl groups is 1. The summed E-state index contributed by atoms with van der Waals surface area (Å²) in [6.45, 7) is 0.929. The number of hydrogen-bond acceptors (Lipinski definition) is 6. The van der Waals surface area contributed by atoms with E-state index in [4.69, 9.17) is 9.47 Å². The smallest absolute Gasteiger partial charge is 0.391 e. The van der Waals surface area contributed by atoms with Crippen molar-refractivity contribution in [3.63, 3.8) is 0 Å². The van der Waals surface area contributed by atoms with Gasteiger partial charge in [0.1, 0.15) is 5.60 Å². The van der Waals surface area contributed by atoms with Crippen molar-refractivity contribution in [2.45, 2.75) is 50.3 Å². The average Bonchev–Trinajstić information content (AvgIpc) is 3.15. The minimum absolute atomic E-state index is 0.0295. The molecule has 3 heterocycles. The van der Waals surface area contributed by atoms with Crippen LogP contribution < -0.4 is 10.3 Å². The Hall–Kier alpha value is -2.14. The summed E-state index contributed by atoms with van der Waals surface area (Å²) in [6, 6.07) is 0.0420. The molecule has 1 saturated carbocycles. The van der Waals surface area contributed by atoms with E-state index in [-0.39, 0.29) is 48.3 Å². The van der Waals surface area contributed by atoms with Crippen molar-refractivity contribution in [3.8, 4) is 6.01 Å². The molecule has 2 aliphatic rings. The lowest BCUT2D eigenvalue weighted by Crippen LogP contribution is -2.36. The lowest BCUT2D eigenvalue weighted by atomic mass is 9.82. The van der Waals surface area contributed by atoms with E-state index in [1.54, 1.807) is 0 Å². The minimum Gasteiger partial charge on any atom is -0.463 e. The average molecular weight is 430 g/mol. The number of ether oxygens (including phenoxy) is 2.